The van der Waals surface area contributed by atoms with Gasteiger partial charge in [0.25, 0.3) is 0 Å². The Morgan fingerprint density at radius 2 is 1.90 bits per heavy atom. The molecule has 0 saturated heterocycles. The van der Waals surface area contributed by atoms with Gasteiger partial charge in [0.2, 0.25) is 0 Å². The predicted octanol–water partition coefficient (Wildman–Crippen LogP) is 2.44. The Bertz CT molecular complexity index is 430. The molecule has 1 aromatic rings. The highest BCUT2D eigenvalue weighted by Crippen LogP contribution is 2.36. The van der Waals surface area contributed by atoms with Gasteiger partial charge in [0, 0.05) is 24.6 Å². The molecule has 0 bridgehead atoms. The Hall–Kier alpha value is -1.36. The fraction of sp³-hybridized carbons (Fsp3) is 0.733. The van der Waals surface area contributed by atoms with Crippen molar-refractivity contribution >= 4 is 11.6 Å². The molecule has 0 radical (unpaired) electrons. The first kappa shape index (κ1) is 15.0. The molecule has 0 aliphatic heterocycles. The van der Waals surface area contributed by atoms with Crippen LogP contribution in [0.2, 0.25) is 0 Å². The number of aliphatic hydroxyl groups excluding tert-OH is 1. The zero-order valence-corrected chi connectivity index (χ0v) is 12.6. The molecular formula is C15H26N4O. The van der Waals surface area contributed by atoms with Crippen LogP contribution < -0.4 is 10.6 Å². The second-order valence-corrected chi connectivity index (χ2v) is 5.73. The third-order valence-corrected chi connectivity index (χ3v) is 4.42. The van der Waals surface area contributed by atoms with Crippen molar-refractivity contribution in [3.05, 3.63) is 11.9 Å². The minimum absolute atomic E-state index is 0.0218. The highest BCUT2D eigenvalue weighted by molar-refractivity contribution is 5.57. The van der Waals surface area contributed by atoms with E-state index in [0.717, 1.165) is 43.0 Å². The van der Waals surface area contributed by atoms with E-state index in [1.807, 2.05) is 7.05 Å². The lowest BCUT2D eigenvalue weighted by molar-refractivity contribution is 0.0943. The molecule has 1 saturated carbocycles. The summed E-state index contributed by atoms with van der Waals surface area (Å²) in [6.45, 7) is 3.15. The molecule has 20 heavy (non-hydrogen) atoms. The second kappa shape index (κ2) is 6.88. The van der Waals surface area contributed by atoms with E-state index in [2.05, 4.69) is 27.5 Å². The summed E-state index contributed by atoms with van der Waals surface area (Å²) in [6.07, 6.45) is 8.39. The van der Waals surface area contributed by atoms with E-state index >= 15 is 0 Å². The molecule has 1 aromatic heterocycles. The van der Waals surface area contributed by atoms with Crippen LogP contribution in [0.5, 0.6) is 0 Å². The van der Waals surface area contributed by atoms with Gasteiger partial charge in [-0.05, 0) is 19.3 Å². The first-order valence-corrected chi connectivity index (χ1v) is 7.61. The summed E-state index contributed by atoms with van der Waals surface area (Å²) < 4.78 is 0. The normalized spacial score (nSPS) is 17.8. The number of aliphatic hydroxyl groups is 1. The molecule has 0 amide bonds. The van der Waals surface area contributed by atoms with Crippen LogP contribution in [0.15, 0.2) is 6.33 Å². The van der Waals surface area contributed by atoms with Crippen LogP contribution in [0.4, 0.5) is 11.6 Å². The lowest BCUT2D eigenvalue weighted by atomic mass is 9.74. The Labute approximate surface area is 121 Å². The zero-order valence-electron chi connectivity index (χ0n) is 12.6. The summed E-state index contributed by atoms with van der Waals surface area (Å²) in [6, 6.07) is 0. The van der Waals surface area contributed by atoms with Crippen molar-refractivity contribution in [3.63, 3.8) is 0 Å². The summed E-state index contributed by atoms with van der Waals surface area (Å²) in [5, 5.41) is 16.3. The second-order valence-electron chi connectivity index (χ2n) is 5.73. The fourth-order valence-electron chi connectivity index (χ4n) is 3.08. The molecule has 0 atom stereocenters. The Morgan fingerprint density at radius 1 is 1.20 bits per heavy atom. The number of hydrogen-bond acceptors (Lipinski definition) is 5. The van der Waals surface area contributed by atoms with Crippen LogP contribution in [0.3, 0.4) is 0 Å². The standard InChI is InChI=1S/C15H26N4O/c1-3-12-13(16-2)18-11-19-14(12)17-9-15(10-20)7-5-4-6-8-15/h11,20H,3-10H2,1-2H3,(H2,16,17,18,19). The number of nitrogens with one attached hydrogen (secondary N) is 2. The molecule has 5 nitrogen and oxygen atoms in total. The Morgan fingerprint density at radius 3 is 2.50 bits per heavy atom. The fourth-order valence-corrected chi connectivity index (χ4v) is 3.08. The minimum atomic E-state index is 0.0218. The maximum Gasteiger partial charge on any atom is 0.134 e. The molecular weight excluding hydrogens is 252 g/mol. The van der Waals surface area contributed by atoms with E-state index < -0.39 is 0 Å². The van der Waals surface area contributed by atoms with Crippen LogP contribution >= 0.6 is 0 Å². The van der Waals surface area contributed by atoms with Gasteiger partial charge in [-0.3, -0.25) is 0 Å². The molecule has 1 fully saturated rings. The molecule has 3 N–H and O–H groups in total. The number of anilines is 2. The van der Waals surface area contributed by atoms with E-state index in [1.54, 1.807) is 6.33 Å². The molecule has 5 heteroatoms. The largest absolute Gasteiger partial charge is 0.396 e. The first-order valence-electron chi connectivity index (χ1n) is 7.61. The van der Waals surface area contributed by atoms with Crippen LogP contribution in [0.1, 0.15) is 44.6 Å². The average molecular weight is 278 g/mol. The van der Waals surface area contributed by atoms with Crippen LogP contribution in [0, 0.1) is 5.41 Å². The molecule has 0 aromatic carbocycles. The Balaban J connectivity index is 2.09. The third-order valence-electron chi connectivity index (χ3n) is 4.42. The minimum Gasteiger partial charge on any atom is -0.396 e. The van der Waals surface area contributed by atoms with Gasteiger partial charge in [-0.15, -0.1) is 0 Å². The van der Waals surface area contributed by atoms with Crippen molar-refractivity contribution in [3.8, 4) is 0 Å². The molecule has 112 valence electrons. The van der Waals surface area contributed by atoms with E-state index in [1.165, 1.54) is 19.3 Å². The zero-order chi connectivity index (χ0) is 14.4. The Kier molecular flexibility index (Phi) is 5.17. The topological polar surface area (TPSA) is 70.1 Å². The van der Waals surface area contributed by atoms with Gasteiger partial charge >= 0.3 is 0 Å². The smallest absolute Gasteiger partial charge is 0.134 e. The van der Waals surface area contributed by atoms with E-state index in [0.29, 0.717) is 0 Å². The summed E-state index contributed by atoms with van der Waals surface area (Å²) in [5.74, 6) is 1.77. The van der Waals surface area contributed by atoms with Gasteiger partial charge in [0.15, 0.2) is 0 Å². The maximum absolute atomic E-state index is 9.76. The summed E-state index contributed by atoms with van der Waals surface area (Å²) >= 11 is 0. The quantitative estimate of drug-likeness (QED) is 0.745. The van der Waals surface area contributed by atoms with Crippen molar-refractivity contribution < 1.29 is 5.11 Å². The van der Waals surface area contributed by atoms with Gasteiger partial charge in [-0.1, -0.05) is 26.2 Å². The third kappa shape index (κ3) is 3.20. The molecule has 0 unspecified atom stereocenters. The van der Waals surface area contributed by atoms with Crippen molar-refractivity contribution in [2.75, 3.05) is 30.8 Å². The average Bonchev–Trinajstić information content (AvgIpc) is 2.53. The predicted molar refractivity (Wildman–Crippen MR) is 82.1 cm³/mol. The van der Waals surface area contributed by atoms with Crippen molar-refractivity contribution in [2.45, 2.75) is 45.4 Å². The monoisotopic (exact) mass is 278 g/mol. The maximum atomic E-state index is 9.76. The SMILES string of the molecule is CCc1c(NC)ncnc1NCC1(CO)CCCCC1. The number of rotatable bonds is 6. The van der Waals surface area contributed by atoms with Crippen LogP contribution in [-0.4, -0.2) is 35.3 Å². The highest BCUT2D eigenvalue weighted by Gasteiger charge is 2.31. The summed E-state index contributed by atoms with van der Waals surface area (Å²) in [5.41, 5.74) is 1.13. The van der Waals surface area contributed by atoms with Crippen molar-refractivity contribution in [1.29, 1.82) is 0 Å². The first-order chi connectivity index (χ1) is 9.74. The lowest BCUT2D eigenvalue weighted by Gasteiger charge is -2.36. The van der Waals surface area contributed by atoms with E-state index in [-0.39, 0.29) is 12.0 Å². The van der Waals surface area contributed by atoms with Gasteiger partial charge in [-0.25, -0.2) is 9.97 Å². The lowest BCUT2D eigenvalue weighted by Crippen LogP contribution is -2.36. The summed E-state index contributed by atoms with van der Waals surface area (Å²) in [7, 11) is 1.88. The van der Waals surface area contributed by atoms with Gasteiger partial charge in [-0.2, -0.15) is 0 Å². The summed E-state index contributed by atoms with van der Waals surface area (Å²) in [4.78, 5) is 8.61. The highest BCUT2D eigenvalue weighted by atomic mass is 16.3. The van der Waals surface area contributed by atoms with Gasteiger partial charge in [0.05, 0.1) is 6.61 Å². The van der Waals surface area contributed by atoms with E-state index in [9.17, 15) is 5.11 Å². The van der Waals surface area contributed by atoms with Crippen LogP contribution in [-0.2, 0) is 6.42 Å². The number of hydrogen-bond donors (Lipinski definition) is 3. The van der Waals surface area contributed by atoms with Crippen molar-refractivity contribution in [2.24, 2.45) is 5.41 Å². The molecule has 1 aliphatic rings. The van der Waals surface area contributed by atoms with Gasteiger partial charge < -0.3 is 15.7 Å². The van der Waals surface area contributed by atoms with Gasteiger partial charge in [0.1, 0.15) is 18.0 Å². The van der Waals surface area contributed by atoms with Crippen LogP contribution in [0.25, 0.3) is 0 Å². The van der Waals surface area contributed by atoms with Crippen molar-refractivity contribution in [1.82, 2.24) is 9.97 Å². The number of aromatic nitrogens is 2. The molecule has 0 spiro atoms. The molecule has 1 aliphatic carbocycles. The van der Waals surface area contributed by atoms with E-state index in [4.69, 9.17) is 0 Å². The number of nitrogens with zero attached hydrogens (tertiary/aromatic N) is 2. The molecule has 2 rings (SSSR count). The molecule has 1 heterocycles.